The predicted molar refractivity (Wildman–Crippen MR) is 95.5 cm³/mol. The van der Waals surface area contributed by atoms with Gasteiger partial charge in [-0.05, 0) is 41.7 Å². The summed E-state index contributed by atoms with van der Waals surface area (Å²) in [6, 6.07) is 12.8. The Bertz CT molecular complexity index is 951. The molecule has 0 aliphatic carbocycles. The van der Waals surface area contributed by atoms with Crippen molar-refractivity contribution in [3.63, 3.8) is 0 Å². The van der Waals surface area contributed by atoms with Crippen LogP contribution in [-0.4, -0.2) is 15.8 Å². The van der Waals surface area contributed by atoms with Gasteiger partial charge < -0.3 is 5.32 Å². The van der Waals surface area contributed by atoms with Crippen LogP contribution in [0.15, 0.2) is 47.3 Å². The number of carbonyl (C=O) groups is 1. The molecule has 3 rings (SSSR count). The Labute approximate surface area is 140 Å². The highest BCUT2D eigenvalue weighted by atomic mass is 16.2. The number of hydrogen-bond donors (Lipinski definition) is 2. The van der Waals surface area contributed by atoms with Crippen LogP contribution in [-0.2, 0) is 6.54 Å². The SMILES string of the molecule is Cc1cccc(C(C)C)c1CNC(=O)n1[nH]c2ccccc2c1=O. The molecule has 0 fully saturated rings. The van der Waals surface area contributed by atoms with Gasteiger partial charge in [0, 0.05) is 6.54 Å². The fraction of sp³-hybridized carbons (Fsp3) is 0.263. The molecule has 5 heteroatoms. The van der Waals surface area contributed by atoms with Gasteiger partial charge in [0.05, 0.1) is 10.9 Å². The van der Waals surface area contributed by atoms with Crippen molar-refractivity contribution < 1.29 is 4.79 Å². The van der Waals surface area contributed by atoms with Gasteiger partial charge >= 0.3 is 6.03 Å². The molecule has 0 atom stereocenters. The van der Waals surface area contributed by atoms with Crippen LogP contribution >= 0.6 is 0 Å². The van der Waals surface area contributed by atoms with E-state index < -0.39 is 6.03 Å². The fourth-order valence-electron chi connectivity index (χ4n) is 2.95. The van der Waals surface area contributed by atoms with Gasteiger partial charge in [-0.25, -0.2) is 4.79 Å². The molecule has 1 aromatic heterocycles. The molecule has 0 saturated heterocycles. The van der Waals surface area contributed by atoms with E-state index in [-0.39, 0.29) is 5.56 Å². The molecular weight excluding hydrogens is 302 g/mol. The molecule has 0 aliphatic rings. The van der Waals surface area contributed by atoms with E-state index in [1.807, 2.05) is 25.1 Å². The number of carbonyl (C=O) groups excluding carboxylic acids is 1. The number of nitrogens with one attached hydrogen (secondary N) is 2. The van der Waals surface area contributed by atoms with E-state index in [1.165, 1.54) is 5.56 Å². The van der Waals surface area contributed by atoms with Crippen LogP contribution in [0.4, 0.5) is 4.79 Å². The van der Waals surface area contributed by atoms with Crippen molar-refractivity contribution in [2.45, 2.75) is 33.2 Å². The largest absolute Gasteiger partial charge is 0.343 e. The van der Waals surface area contributed by atoms with Gasteiger partial charge in [-0.2, -0.15) is 4.68 Å². The van der Waals surface area contributed by atoms with Gasteiger partial charge in [-0.15, -0.1) is 0 Å². The van der Waals surface area contributed by atoms with Crippen LogP contribution < -0.4 is 10.9 Å². The number of H-pyrrole nitrogens is 1. The molecule has 0 radical (unpaired) electrons. The van der Waals surface area contributed by atoms with Gasteiger partial charge in [-0.1, -0.05) is 44.2 Å². The summed E-state index contributed by atoms with van der Waals surface area (Å²) in [7, 11) is 0. The van der Waals surface area contributed by atoms with E-state index >= 15 is 0 Å². The predicted octanol–water partition coefficient (Wildman–Crippen LogP) is 3.52. The Morgan fingerprint density at radius 3 is 2.62 bits per heavy atom. The van der Waals surface area contributed by atoms with Gasteiger partial charge in [0.2, 0.25) is 0 Å². The summed E-state index contributed by atoms with van der Waals surface area (Å²) < 4.78 is 1.03. The Hall–Kier alpha value is -2.82. The minimum atomic E-state index is -0.450. The second-order valence-electron chi connectivity index (χ2n) is 6.25. The standard InChI is InChI=1S/C19H21N3O2/c1-12(2)14-9-6-7-13(3)16(14)11-20-19(24)22-18(23)15-8-4-5-10-17(15)21-22/h4-10,12,21H,11H2,1-3H3,(H,20,24). The average Bonchev–Trinajstić information content (AvgIpc) is 2.90. The van der Waals surface area contributed by atoms with Crippen molar-refractivity contribution in [1.29, 1.82) is 0 Å². The summed E-state index contributed by atoms with van der Waals surface area (Å²) in [4.78, 5) is 24.7. The molecule has 1 heterocycles. The first-order valence-corrected chi connectivity index (χ1v) is 8.05. The van der Waals surface area contributed by atoms with Gasteiger partial charge in [0.1, 0.15) is 0 Å². The molecule has 2 N–H and O–H groups in total. The van der Waals surface area contributed by atoms with Crippen LogP contribution in [0.2, 0.25) is 0 Å². The first kappa shape index (κ1) is 16.1. The molecular formula is C19H21N3O2. The van der Waals surface area contributed by atoms with Crippen LogP contribution in [0.1, 0.15) is 36.5 Å². The van der Waals surface area contributed by atoms with Crippen LogP contribution in [0.25, 0.3) is 10.9 Å². The van der Waals surface area contributed by atoms with Crippen LogP contribution in [0.5, 0.6) is 0 Å². The smallest absolute Gasteiger partial charge is 0.332 e. The first-order chi connectivity index (χ1) is 11.5. The zero-order valence-electron chi connectivity index (χ0n) is 14.1. The summed E-state index contributed by atoms with van der Waals surface area (Å²) in [5, 5.41) is 6.20. The minimum Gasteiger partial charge on any atom is -0.332 e. The third-order valence-corrected chi connectivity index (χ3v) is 4.28. The number of hydrogen-bond acceptors (Lipinski definition) is 2. The summed E-state index contributed by atoms with van der Waals surface area (Å²) in [5.41, 5.74) is 3.75. The van der Waals surface area contributed by atoms with E-state index in [0.717, 1.165) is 15.8 Å². The number of benzene rings is 2. The molecule has 5 nitrogen and oxygen atoms in total. The maximum absolute atomic E-state index is 12.4. The second kappa shape index (κ2) is 6.35. The molecule has 3 aromatic rings. The third-order valence-electron chi connectivity index (χ3n) is 4.28. The van der Waals surface area contributed by atoms with Crippen LogP contribution in [0.3, 0.4) is 0 Å². The highest BCUT2D eigenvalue weighted by molar-refractivity contribution is 5.84. The molecule has 2 aromatic carbocycles. The molecule has 0 unspecified atom stereocenters. The number of nitrogens with zero attached hydrogens (tertiary/aromatic N) is 1. The molecule has 0 aliphatic heterocycles. The zero-order valence-corrected chi connectivity index (χ0v) is 14.1. The van der Waals surface area contributed by atoms with E-state index in [4.69, 9.17) is 0 Å². The molecule has 1 amide bonds. The summed E-state index contributed by atoms with van der Waals surface area (Å²) >= 11 is 0. The number of rotatable bonds is 3. The van der Waals surface area contributed by atoms with E-state index in [0.29, 0.717) is 23.4 Å². The maximum Gasteiger partial charge on any atom is 0.343 e. The quantitative estimate of drug-likeness (QED) is 0.774. The number of aryl methyl sites for hydroxylation is 1. The van der Waals surface area contributed by atoms with E-state index in [2.05, 4.69) is 30.3 Å². The van der Waals surface area contributed by atoms with Crippen molar-refractivity contribution >= 4 is 16.9 Å². The first-order valence-electron chi connectivity index (χ1n) is 8.05. The number of para-hydroxylation sites is 1. The van der Waals surface area contributed by atoms with Crippen molar-refractivity contribution in [3.8, 4) is 0 Å². The molecule has 24 heavy (non-hydrogen) atoms. The van der Waals surface area contributed by atoms with Crippen molar-refractivity contribution in [1.82, 2.24) is 15.1 Å². The van der Waals surface area contributed by atoms with Gasteiger partial charge in [0.25, 0.3) is 5.56 Å². The van der Waals surface area contributed by atoms with E-state index in [1.54, 1.807) is 18.2 Å². The summed E-state index contributed by atoms with van der Waals surface area (Å²) in [5.74, 6) is 0.368. The maximum atomic E-state index is 12.4. The summed E-state index contributed by atoms with van der Waals surface area (Å²) in [6.45, 7) is 6.67. The molecule has 0 saturated carbocycles. The average molecular weight is 323 g/mol. The summed E-state index contributed by atoms with van der Waals surface area (Å²) in [6.07, 6.45) is 0. The number of aromatic nitrogens is 2. The zero-order chi connectivity index (χ0) is 17.3. The Morgan fingerprint density at radius 2 is 1.92 bits per heavy atom. The van der Waals surface area contributed by atoms with Gasteiger partial charge in [-0.3, -0.25) is 9.89 Å². The lowest BCUT2D eigenvalue weighted by Gasteiger charge is -2.16. The van der Waals surface area contributed by atoms with E-state index in [9.17, 15) is 9.59 Å². The Balaban J connectivity index is 1.86. The normalized spacial score (nSPS) is 11.2. The number of aromatic amines is 1. The Kier molecular flexibility index (Phi) is 4.25. The molecule has 124 valence electrons. The number of fused-ring (bicyclic) bond motifs is 1. The van der Waals surface area contributed by atoms with Crippen molar-refractivity contribution in [2.75, 3.05) is 0 Å². The lowest BCUT2D eigenvalue weighted by molar-refractivity contribution is 0.238. The molecule has 0 bridgehead atoms. The second-order valence-corrected chi connectivity index (χ2v) is 6.25. The fourth-order valence-corrected chi connectivity index (χ4v) is 2.95. The lowest BCUT2D eigenvalue weighted by atomic mass is 9.94. The lowest BCUT2D eigenvalue weighted by Crippen LogP contribution is -2.35. The highest BCUT2D eigenvalue weighted by Gasteiger charge is 2.14. The van der Waals surface area contributed by atoms with Crippen molar-refractivity contribution in [3.05, 3.63) is 69.5 Å². The Morgan fingerprint density at radius 1 is 1.17 bits per heavy atom. The topological polar surface area (TPSA) is 66.9 Å². The highest BCUT2D eigenvalue weighted by Crippen LogP contribution is 2.22. The monoisotopic (exact) mass is 323 g/mol. The van der Waals surface area contributed by atoms with Crippen LogP contribution in [0, 0.1) is 6.92 Å². The van der Waals surface area contributed by atoms with Gasteiger partial charge in [0.15, 0.2) is 0 Å². The third kappa shape index (κ3) is 2.85. The van der Waals surface area contributed by atoms with Crippen molar-refractivity contribution in [2.24, 2.45) is 0 Å². The molecule has 0 spiro atoms. The number of amides is 1. The minimum absolute atomic E-state index is 0.336.